The van der Waals surface area contributed by atoms with Crippen molar-refractivity contribution in [1.29, 1.82) is 0 Å². The molecule has 1 N–H and O–H groups in total. The molecule has 1 aromatic carbocycles. The van der Waals surface area contributed by atoms with Crippen LogP contribution in [0.15, 0.2) is 34.1 Å². The molecule has 1 aromatic heterocycles. The number of amides is 2. The Balaban J connectivity index is 1.41. The largest absolute Gasteiger partial charge is 0.486 e. The van der Waals surface area contributed by atoms with Gasteiger partial charge in [0.05, 0.1) is 16.8 Å². The summed E-state index contributed by atoms with van der Waals surface area (Å²) in [6, 6.07) is 7.30. The van der Waals surface area contributed by atoms with Gasteiger partial charge in [-0.25, -0.2) is 0 Å². The zero-order valence-electron chi connectivity index (χ0n) is 16.2. The molecule has 2 aliphatic rings. The van der Waals surface area contributed by atoms with Crippen LogP contribution >= 0.6 is 27.3 Å². The lowest BCUT2D eigenvalue weighted by atomic mass is 9.96. The van der Waals surface area contributed by atoms with E-state index in [0.29, 0.717) is 37.8 Å². The number of nitrogens with one attached hydrogen (secondary N) is 1. The van der Waals surface area contributed by atoms with Crippen LogP contribution in [0, 0.1) is 5.92 Å². The molecule has 2 amide bonds. The van der Waals surface area contributed by atoms with E-state index in [1.54, 1.807) is 4.90 Å². The number of benzene rings is 1. The molecule has 0 bridgehead atoms. The van der Waals surface area contributed by atoms with Gasteiger partial charge in [-0.3, -0.25) is 9.59 Å². The topological polar surface area (TPSA) is 67.9 Å². The molecule has 1 saturated heterocycles. The van der Waals surface area contributed by atoms with Crippen LogP contribution in [0.5, 0.6) is 11.5 Å². The first-order chi connectivity index (χ1) is 14.0. The van der Waals surface area contributed by atoms with Crippen molar-refractivity contribution in [3.05, 3.63) is 44.6 Å². The molecule has 29 heavy (non-hydrogen) atoms. The first kappa shape index (κ1) is 20.2. The van der Waals surface area contributed by atoms with Crippen LogP contribution < -0.4 is 14.8 Å². The van der Waals surface area contributed by atoms with Crippen molar-refractivity contribution in [2.45, 2.75) is 25.8 Å². The van der Waals surface area contributed by atoms with E-state index >= 15 is 0 Å². The standard InChI is InChI=1S/C21H23BrN2O4S/c1-13(15-10-17-18(11-16(15)22)28-8-7-27-17)23-20(25)14-4-2-6-24(12-14)21(26)19-5-3-9-29-19/h3,5,9-11,13-14H,2,4,6-8,12H2,1H3,(H,23,25)/t13-,14-/m1/s1. The maximum atomic E-state index is 12.9. The summed E-state index contributed by atoms with van der Waals surface area (Å²) in [5.74, 6) is 1.19. The Hall–Kier alpha value is -2.06. The lowest BCUT2D eigenvalue weighted by Crippen LogP contribution is -2.45. The Kier molecular flexibility index (Phi) is 6.10. The average Bonchev–Trinajstić information content (AvgIpc) is 3.27. The molecule has 4 rings (SSSR count). The van der Waals surface area contributed by atoms with Crippen molar-refractivity contribution in [3.63, 3.8) is 0 Å². The molecule has 8 heteroatoms. The van der Waals surface area contributed by atoms with Gasteiger partial charge in [0.1, 0.15) is 13.2 Å². The first-order valence-corrected chi connectivity index (χ1v) is 11.4. The quantitative estimate of drug-likeness (QED) is 0.720. The smallest absolute Gasteiger partial charge is 0.263 e. The first-order valence-electron chi connectivity index (χ1n) is 9.75. The summed E-state index contributed by atoms with van der Waals surface area (Å²) >= 11 is 5.01. The van der Waals surface area contributed by atoms with Crippen LogP contribution in [0.2, 0.25) is 0 Å². The van der Waals surface area contributed by atoms with E-state index in [1.807, 2.05) is 36.6 Å². The van der Waals surface area contributed by atoms with E-state index < -0.39 is 0 Å². The van der Waals surface area contributed by atoms with E-state index in [1.165, 1.54) is 11.3 Å². The predicted molar refractivity (Wildman–Crippen MR) is 115 cm³/mol. The van der Waals surface area contributed by atoms with Crippen LogP contribution in [0.25, 0.3) is 0 Å². The number of rotatable bonds is 4. The number of fused-ring (bicyclic) bond motifs is 1. The third-order valence-corrected chi connectivity index (χ3v) is 6.84. The van der Waals surface area contributed by atoms with E-state index in [2.05, 4.69) is 21.2 Å². The average molecular weight is 479 g/mol. The van der Waals surface area contributed by atoms with Gasteiger partial charge in [0, 0.05) is 17.6 Å². The van der Waals surface area contributed by atoms with Gasteiger partial charge in [-0.05, 0) is 48.9 Å². The van der Waals surface area contributed by atoms with E-state index in [-0.39, 0.29) is 23.8 Å². The van der Waals surface area contributed by atoms with Crippen molar-refractivity contribution in [2.75, 3.05) is 26.3 Å². The molecule has 154 valence electrons. The van der Waals surface area contributed by atoms with Crippen LogP contribution in [0.3, 0.4) is 0 Å². The minimum atomic E-state index is -0.203. The number of likely N-dealkylation sites (tertiary alicyclic amines) is 1. The van der Waals surface area contributed by atoms with Gasteiger partial charge in [0.25, 0.3) is 5.91 Å². The zero-order chi connectivity index (χ0) is 20.4. The molecule has 2 aromatic rings. The summed E-state index contributed by atoms with van der Waals surface area (Å²) in [5, 5.41) is 5.00. The van der Waals surface area contributed by atoms with Gasteiger partial charge in [0.15, 0.2) is 11.5 Å². The fourth-order valence-electron chi connectivity index (χ4n) is 3.75. The van der Waals surface area contributed by atoms with Crippen LogP contribution in [-0.4, -0.2) is 43.0 Å². The number of hydrogen-bond acceptors (Lipinski definition) is 5. The summed E-state index contributed by atoms with van der Waals surface area (Å²) in [6.07, 6.45) is 1.62. The van der Waals surface area contributed by atoms with Crippen LogP contribution in [-0.2, 0) is 4.79 Å². The maximum absolute atomic E-state index is 12.9. The predicted octanol–water partition coefficient (Wildman–Crippen LogP) is 4.01. The molecule has 0 radical (unpaired) electrons. The number of nitrogens with zero attached hydrogens (tertiary/aromatic N) is 1. The highest BCUT2D eigenvalue weighted by Gasteiger charge is 2.30. The maximum Gasteiger partial charge on any atom is 0.263 e. The zero-order valence-corrected chi connectivity index (χ0v) is 18.6. The number of hydrogen-bond donors (Lipinski definition) is 1. The second-order valence-corrected chi connectivity index (χ2v) is 9.12. The number of halogens is 1. The fraction of sp³-hybridized carbons (Fsp3) is 0.429. The number of carbonyl (C=O) groups excluding carboxylic acids is 2. The third-order valence-electron chi connectivity index (χ3n) is 5.30. The second kappa shape index (κ2) is 8.75. The Morgan fingerprint density at radius 2 is 2.03 bits per heavy atom. The third kappa shape index (κ3) is 4.43. The molecule has 2 aliphatic heterocycles. The molecule has 1 fully saturated rings. The number of carbonyl (C=O) groups is 2. The molecular weight excluding hydrogens is 456 g/mol. The highest BCUT2D eigenvalue weighted by Crippen LogP contribution is 2.38. The van der Waals surface area contributed by atoms with Crippen molar-refractivity contribution in [3.8, 4) is 11.5 Å². The van der Waals surface area contributed by atoms with Gasteiger partial charge in [-0.1, -0.05) is 22.0 Å². The lowest BCUT2D eigenvalue weighted by Gasteiger charge is -2.32. The Morgan fingerprint density at radius 1 is 1.28 bits per heavy atom. The summed E-state index contributed by atoms with van der Waals surface area (Å²) in [6.45, 7) is 4.16. The minimum Gasteiger partial charge on any atom is -0.486 e. The highest BCUT2D eigenvalue weighted by atomic mass is 79.9. The van der Waals surface area contributed by atoms with Crippen molar-refractivity contribution >= 4 is 39.1 Å². The second-order valence-electron chi connectivity index (χ2n) is 7.32. The van der Waals surface area contributed by atoms with E-state index in [0.717, 1.165) is 27.8 Å². The summed E-state index contributed by atoms with van der Waals surface area (Å²) in [5.41, 5.74) is 0.935. The molecular formula is C21H23BrN2O4S. The minimum absolute atomic E-state index is 0.0140. The fourth-order valence-corrected chi connectivity index (χ4v) is 5.11. The Morgan fingerprint density at radius 3 is 2.76 bits per heavy atom. The van der Waals surface area contributed by atoms with E-state index in [9.17, 15) is 9.59 Å². The normalized spacial score (nSPS) is 19.5. The van der Waals surface area contributed by atoms with Gasteiger partial charge in [0.2, 0.25) is 5.91 Å². The summed E-state index contributed by atoms with van der Waals surface area (Å²) in [7, 11) is 0. The number of ether oxygens (including phenoxy) is 2. The molecule has 0 spiro atoms. The number of thiophene rings is 1. The van der Waals surface area contributed by atoms with Crippen LogP contribution in [0.4, 0.5) is 0 Å². The lowest BCUT2D eigenvalue weighted by molar-refractivity contribution is -0.127. The van der Waals surface area contributed by atoms with Gasteiger partial charge >= 0.3 is 0 Å². The van der Waals surface area contributed by atoms with Crippen LogP contribution in [0.1, 0.15) is 41.0 Å². The Labute approximate surface area is 182 Å². The number of piperidine rings is 1. The Bertz CT molecular complexity index is 902. The van der Waals surface area contributed by atoms with Gasteiger partial charge in [-0.2, -0.15) is 0 Å². The molecule has 3 heterocycles. The monoisotopic (exact) mass is 478 g/mol. The van der Waals surface area contributed by atoms with Gasteiger partial charge in [-0.15, -0.1) is 11.3 Å². The molecule has 2 atom stereocenters. The molecule has 0 unspecified atom stereocenters. The molecule has 6 nitrogen and oxygen atoms in total. The van der Waals surface area contributed by atoms with E-state index in [4.69, 9.17) is 9.47 Å². The molecule has 0 saturated carbocycles. The summed E-state index contributed by atoms with van der Waals surface area (Å²) in [4.78, 5) is 28.1. The van der Waals surface area contributed by atoms with Gasteiger partial charge < -0.3 is 19.7 Å². The van der Waals surface area contributed by atoms with Crippen molar-refractivity contribution in [2.24, 2.45) is 5.92 Å². The SMILES string of the molecule is C[C@@H](NC(=O)[C@@H]1CCCN(C(=O)c2cccs2)C1)c1cc2c(cc1Br)OCCO2. The van der Waals surface area contributed by atoms with Crippen molar-refractivity contribution in [1.82, 2.24) is 10.2 Å². The summed E-state index contributed by atoms with van der Waals surface area (Å²) < 4.78 is 12.1. The highest BCUT2D eigenvalue weighted by molar-refractivity contribution is 9.10. The molecule has 0 aliphatic carbocycles. The van der Waals surface area contributed by atoms with Crippen molar-refractivity contribution < 1.29 is 19.1 Å².